The first-order valence-electron chi connectivity index (χ1n) is 5.35. The van der Waals surface area contributed by atoms with Gasteiger partial charge in [0.1, 0.15) is 5.82 Å². The van der Waals surface area contributed by atoms with Crippen molar-refractivity contribution in [2.75, 3.05) is 11.9 Å². The van der Waals surface area contributed by atoms with Gasteiger partial charge in [-0.1, -0.05) is 0 Å². The van der Waals surface area contributed by atoms with Crippen LogP contribution in [0.25, 0.3) is 0 Å². The summed E-state index contributed by atoms with van der Waals surface area (Å²) in [6.45, 7) is 0.416. The number of rotatable bonds is 5. The Morgan fingerprint density at radius 2 is 2.11 bits per heavy atom. The Morgan fingerprint density at radius 3 is 2.72 bits per heavy atom. The molecule has 0 aromatic carbocycles. The third-order valence-electron chi connectivity index (χ3n) is 2.20. The molecule has 2 nitrogen and oxygen atoms in total. The summed E-state index contributed by atoms with van der Waals surface area (Å²) in [7, 11) is 0. The summed E-state index contributed by atoms with van der Waals surface area (Å²) in [5, 5.41) is 2.69. The van der Waals surface area contributed by atoms with Crippen LogP contribution in [0.4, 0.5) is 19.0 Å². The molecule has 0 saturated heterocycles. The van der Waals surface area contributed by atoms with Crippen molar-refractivity contribution in [3.63, 3.8) is 0 Å². The first-order chi connectivity index (χ1) is 8.45. The van der Waals surface area contributed by atoms with E-state index in [9.17, 15) is 13.2 Å². The summed E-state index contributed by atoms with van der Waals surface area (Å²) in [5.41, 5.74) is -0.770. The Hall–Kier alpha value is -1.22. The molecule has 1 N–H and O–H groups in total. The summed E-state index contributed by atoms with van der Waals surface area (Å²) in [5.74, 6) is 2.33. The SMILES string of the molecule is C#CCCCCNc1ncc(Br)cc1C(F)(F)F. The summed E-state index contributed by atoms with van der Waals surface area (Å²) in [4.78, 5) is 3.74. The van der Waals surface area contributed by atoms with E-state index in [0.717, 1.165) is 12.5 Å². The van der Waals surface area contributed by atoms with Crippen LogP contribution < -0.4 is 5.32 Å². The van der Waals surface area contributed by atoms with Crippen LogP contribution in [0.2, 0.25) is 0 Å². The molecule has 1 aromatic rings. The van der Waals surface area contributed by atoms with Crippen molar-refractivity contribution in [3.8, 4) is 12.3 Å². The number of hydrogen-bond acceptors (Lipinski definition) is 2. The van der Waals surface area contributed by atoms with Gasteiger partial charge in [-0.3, -0.25) is 0 Å². The highest BCUT2D eigenvalue weighted by molar-refractivity contribution is 9.10. The van der Waals surface area contributed by atoms with Crippen molar-refractivity contribution in [1.29, 1.82) is 0 Å². The van der Waals surface area contributed by atoms with Crippen LogP contribution in [0.3, 0.4) is 0 Å². The predicted molar refractivity (Wildman–Crippen MR) is 68.1 cm³/mol. The molecule has 6 heteroatoms. The lowest BCUT2D eigenvalue weighted by Crippen LogP contribution is -2.13. The quantitative estimate of drug-likeness (QED) is 0.653. The maximum Gasteiger partial charge on any atom is 0.419 e. The fourth-order valence-electron chi connectivity index (χ4n) is 1.36. The second kappa shape index (κ2) is 6.64. The van der Waals surface area contributed by atoms with Crippen molar-refractivity contribution in [2.45, 2.75) is 25.4 Å². The number of nitrogens with one attached hydrogen (secondary N) is 1. The van der Waals surface area contributed by atoms with Crippen LogP contribution in [-0.2, 0) is 6.18 Å². The van der Waals surface area contributed by atoms with Gasteiger partial charge in [0, 0.05) is 23.6 Å². The summed E-state index contributed by atoms with van der Waals surface area (Å²) < 4.78 is 38.5. The minimum Gasteiger partial charge on any atom is -0.370 e. The first kappa shape index (κ1) is 14.8. The number of aromatic nitrogens is 1. The van der Waals surface area contributed by atoms with E-state index >= 15 is 0 Å². The van der Waals surface area contributed by atoms with E-state index in [1.807, 2.05) is 0 Å². The van der Waals surface area contributed by atoms with Gasteiger partial charge in [-0.05, 0) is 34.8 Å². The van der Waals surface area contributed by atoms with Crippen LogP contribution in [0.15, 0.2) is 16.7 Å². The number of pyridine rings is 1. The molecular weight excluding hydrogens is 309 g/mol. The van der Waals surface area contributed by atoms with E-state index in [4.69, 9.17) is 6.42 Å². The van der Waals surface area contributed by atoms with Gasteiger partial charge in [0.25, 0.3) is 0 Å². The van der Waals surface area contributed by atoms with E-state index in [1.54, 1.807) is 0 Å². The topological polar surface area (TPSA) is 24.9 Å². The number of terminal acetylenes is 1. The molecule has 0 unspecified atom stereocenters. The Morgan fingerprint density at radius 1 is 1.39 bits per heavy atom. The molecule has 0 aliphatic heterocycles. The van der Waals surface area contributed by atoms with Gasteiger partial charge in [-0.25, -0.2) is 4.98 Å². The third-order valence-corrected chi connectivity index (χ3v) is 2.63. The highest BCUT2D eigenvalue weighted by Crippen LogP contribution is 2.35. The highest BCUT2D eigenvalue weighted by atomic mass is 79.9. The fraction of sp³-hybridized carbons (Fsp3) is 0.417. The van der Waals surface area contributed by atoms with Gasteiger partial charge >= 0.3 is 6.18 Å². The van der Waals surface area contributed by atoms with Crippen molar-refractivity contribution in [2.24, 2.45) is 0 Å². The van der Waals surface area contributed by atoms with Crippen molar-refractivity contribution >= 4 is 21.7 Å². The molecule has 98 valence electrons. The zero-order valence-corrected chi connectivity index (χ0v) is 11.1. The van der Waals surface area contributed by atoms with E-state index < -0.39 is 11.7 Å². The molecular formula is C12H12BrF3N2. The Bertz CT molecular complexity index is 438. The van der Waals surface area contributed by atoms with Gasteiger partial charge < -0.3 is 5.32 Å². The Labute approximate surface area is 112 Å². The van der Waals surface area contributed by atoms with Crippen LogP contribution in [0, 0.1) is 12.3 Å². The van der Waals surface area contributed by atoms with E-state index in [-0.39, 0.29) is 5.82 Å². The molecule has 0 amide bonds. The molecule has 18 heavy (non-hydrogen) atoms. The second-order valence-electron chi connectivity index (χ2n) is 3.64. The minimum atomic E-state index is -4.42. The number of anilines is 1. The van der Waals surface area contributed by atoms with Crippen LogP contribution in [0.5, 0.6) is 0 Å². The second-order valence-corrected chi connectivity index (χ2v) is 4.55. The highest BCUT2D eigenvalue weighted by Gasteiger charge is 2.34. The summed E-state index contributed by atoms with van der Waals surface area (Å²) in [6.07, 6.45) is 4.11. The molecule has 0 aliphatic rings. The first-order valence-corrected chi connectivity index (χ1v) is 6.14. The third kappa shape index (κ3) is 4.57. The zero-order chi connectivity index (χ0) is 13.6. The predicted octanol–water partition coefficient (Wildman–Crippen LogP) is 4.08. The van der Waals surface area contributed by atoms with E-state index in [1.165, 1.54) is 6.20 Å². The molecule has 0 bridgehead atoms. The maximum atomic E-state index is 12.7. The summed E-state index contributed by atoms with van der Waals surface area (Å²) in [6, 6.07) is 1.01. The molecule has 1 rings (SSSR count). The monoisotopic (exact) mass is 320 g/mol. The number of hydrogen-bond donors (Lipinski definition) is 1. The molecule has 0 saturated carbocycles. The van der Waals surface area contributed by atoms with Gasteiger partial charge in [-0.15, -0.1) is 12.3 Å². The number of nitrogens with zero attached hydrogens (tertiary/aromatic N) is 1. The molecule has 0 aliphatic carbocycles. The Balaban J connectivity index is 2.68. The average Bonchev–Trinajstić information content (AvgIpc) is 2.29. The molecule has 1 heterocycles. The van der Waals surface area contributed by atoms with Crippen LogP contribution in [-0.4, -0.2) is 11.5 Å². The number of halogens is 4. The van der Waals surface area contributed by atoms with Gasteiger partial charge in [0.15, 0.2) is 0 Å². The van der Waals surface area contributed by atoms with Crippen molar-refractivity contribution in [1.82, 2.24) is 4.98 Å². The Kier molecular flexibility index (Phi) is 5.48. The average molecular weight is 321 g/mol. The van der Waals surface area contributed by atoms with Gasteiger partial charge in [-0.2, -0.15) is 13.2 Å². The van der Waals surface area contributed by atoms with E-state index in [0.29, 0.717) is 23.9 Å². The van der Waals surface area contributed by atoms with Crippen LogP contribution in [0.1, 0.15) is 24.8 Å². The normalized spacial score (nSPS) is 11.1. The lowest BCUT2D eigenvalue weighted by atomic mass is 10.2. The molecule has 0 spiro atoms. The molecule has 1 aromatic heterocycles. The smallest absolute Gasteiger partial charge is 0.370 e. The summed E-state index contributed by atoms with van der Waals surface area (Å²) >= 11 is 2.98. The van der Waals surface area contributed by atoms with E-state index in [2.05, 4.69) is 32.2 Å². The lowest BCUT2D eigenvalue weighted by Gasteiger charge is -2.13. The molecule has 0 atom stereocenters. The molecule has 0 fully saturated rings. The minimum absolute atomic E-state index is 0.147. The zero-order valence-electron chi connectivity index (χ0n) is 9.52. The molecule has 0 radical (unpaired) electrons. The van der Waals surface area contributed by atoms with Crippen molar-refractivity contribution < 1.29 is 13.2 Å². The fourth-order valence-corrected chi connectivity index (χ4v) is 1.69. The number of alkyl halides is 3. The van der Waals surface area contributed by atoms with Gasteiger partial charge in [0.05, 0.1) is 5.56 Å². The standard InChI is InChI=1S/C12H12BrF3N2/c1-2-3-4-5-6-17-11-10(12(14,15)16)7-9(13)8-18-11/h1,7-8H,3-6H2,(H,17,18). The maximum absolute atomic E-state index is 12.7. The largest absolute Gasteiger partial charge is 0.419 e. The number of unbranched alkanes of at least 4 members (excludes halogenated alkanes) is 2. The van der Waals surface area contributed by atoms with Gasteiger partial charge in [0.2, 0.25) is 0 Å². The van der Waals surface area contributed by atoms with Crippen molar-refractivity contribution in [3.05, 3.63) is 22.3 Å². The lowest BCUT2D eigenvalue weighted by molar-refractivity contribution is -0.137. The van der Waals surface area contributed by atoms with Crippen LogP contribution >= 0.6 is 15.9 Å².